The fourth-order valence-electron chi connectivity index (χ4n) is 2.67. The Morgan fingerprint density at radius 2 is 2.05 bits per heavy atom. The molecule has 0 aliphatic heterocycles. The minimum absolute atomic E-state index is 0.0944. The molecule has 1 aromatic heterocycles. The lowest BCUT2D eigenvalue weighted by molar-refractivity contribution is 0.0270. The van der Waals surface area contributed by atoms with E-state index in [1.54, 1.807) is 4.68 Å². The fourth-order valence-corrected chi connectivity index (χ4v) is 2.67. The van der Waals surface area contributed by atoms with Crippen molar-refractivity contribution in [1.82, 2.24) is 25.1 Å². The van der Waals surface area contributed by atoms with Gasteiger partial charge in [-0.25, -0.2) is 0 Å². The molecule has 0 bridgehead atoms. The average molecular weight is 273 g/mol. The first-order valence-corrected chi connectivity index (χ1v) is 6.91. The molecule has 1 aliphatic carbocycles. The molecule has 0 atom stereocenters. The standard InChI is InChI=1S/C14H19N5O/c1-18(9-11-7-13(20)8-11)10-14-15-16-17-19(14)12-5-3-2-4-6-12/h2-6,11,13,20H,7-10H2,1H3. The van der Waals surface area contributed by atoms with Crippen molar-refractivity contribution < 1.29 is 5.11 Å². The molecular weight excluding hydrogens is 254 g/mol. The summed E-state index contributed by atoms with van der Waals surface area (Å²) in [7, 11) is 2.06. The first-order chi connectivity index (χ1) is 9.72. The average Bonchev–Trinajstić information content (AvgIpc) is 2.86. The summed E-state index contributed by atoms with van der Waals surface area (Å²) in [6.07, 6.45) is 1.73. The van der Waals surface area contributed by atoms with Crippen molar-refractivity contribution in [3.8, 4) is 5.69 Å². The first-order valence-electron chi connectivity index (χ1n) is 6.91. The van der Waals surface area contributed by atoms with Gasteiger partial charge in [0.15, 0.2) is 5.82 Å². The zero-order chi connectivity index (χ0) is 13.9. The van der Waals surface area contributed by atoms with E-state index in [-0.39, 0.29) is 6.10 Å². The van der Waals surface area contributed by atoms with E-state index >= 15 is 0 Å². The minimum Gasteiger partial charge on any atom is -0.393 e. The lowest BCUT2D eigenvalue weighted by Gasteiger charge is -2.34. The SMILES string of the molecule is CN(Cc1nnnn1-c1ccccc1)CC1CC(O)C1. The van der Waals surface area contributed by atoms with E-state index in [1.165, 1.54) is 0 Å². The molecule has 20 heavy (non-hydrogen) atoms. The van der Waals surface area contributed by atoms with Gasteiger partial charge in [0.25, 0.3) is 0 Å². The van der Waals surface area contributed by atoms with E-state index in [0.717, 1.165) is 30.9 Å². The Hall–Kier alpha value is -1.79. The second-order valence-electron chi connectivity index (χ2n) is 5.53. The molecule has 106 valence electrons. The van der Waals surface area contributed by atoms with Gasteiger partial charge in [0.05, 0.1) is 18.3 Å². The van der Waals surface area contributed by atoms with E-state index in [4.69, 9.17) is 0 Å². The molecule has 6 heteroatoms. The zero-order valence-corrected chi connectivity index (χ0v) is 11.6. The lowest BCUT2D eigenvalue weighted by Crippen LogP contribution is -2.37. The van der Waals surface area contributed by atoms with Crippen LogP contribution in [0.15, 0.2) is 30.3 Å². The summed E-state index contributed by atoms with van der Waals surface area (Å²) in [5, 5.41) is 21.3. The van der Waals surface area contributed by atoms with Crippen molar-refractivity contribution in [1.29, 1.82) is 0 Å². The van der Waals surface area contributed by atoms with Crippen molar-refractivity contribution in [2.24, 2.45) is 5.92 Å². The van der Waals surface area contributed by atoms with Crippen LogP contribution >= 0.6 is 0 Å². The Balaban J connectivity index is 1.65. The summed E-state index contributed by atoms with van der Waals surface area (Å²) in [4.78, 5) is 2.21. The van der Waals surface area contributed by atoms with Gasteiger partial charge < -0.3 is 5.11 Å². The lowest BCUT2D eigenvalue weighted by atomic mass is 9.82. The first kappa shape index (κ1) is 13.2. The minimum atomic E-state index is -0.0944. The van der Waals surface area contributed by atoms with Gasteiger partial charge in [0.1, 0.15) is 0 Å². The molecule has 0 amide bonds. The topological polar surface area (TPSA) is 67.1 Å². The second kappa shape index (κ2) is 5.68. The van der Waals surface area contributed by atoms with Gasteiger partial charge in [-0.15, -0.1) is 5.10 Å². The highest BCUT2D eigenvalue weighted by Gasteiger charge is 2.28. The van der Waals surface area contributed by atoms with Crippen LogP contribution in [0.5, 0.6) is 0 Å². The van der Waals surface area contributed by atoms with Crippen molar-refractivity contribution >= 4 is 0 Å². The summed E-state index contributed by atoms with van der Waals surface area (Å²) in [5.41, 5.74) is 0.972. The van der Waals surface area contributed by atoms with Crippen LogP contribution < -0.4 is 0 Å². The van der Waals surface area contributed by atoms with Gasteiger partial charge in [-0.2, -0.15) is 4.68 Å². The quantitative estimate of drug-likeness (QED) is 0.875. The van der Waals surface area contributed by atoms with Gasteiger partial charge in [-0.1, -0.05) is 18.2 Å². The van der Waals surface area contributed by atoms with Crippen LogP contribution in [0.3, 0.4) is 0 Å². The van der Waals surface area contributed by atoms with Crippen LogP contribution in [0.4, 0.5) is 0 Å². The molecule has 3 rings (SSSR count). The number of hydrogen-bond acceptors (Lipinski definition) is 5. The monoisotopic (exact) mass is 273 g/mol. The summed E-state index contributed by atoms with van der Waals surface area (Å²) >= 11 is 0. The van der Waals surface area contributed by atoms with Gasteiger partial charge in [-0.05, 0) is 48.4 Å². The van der Waals surface area contributed by atoms with Crippen LogP contribution in [0.25, 0.3) is 5.69 Å². The maximum absolute atomic E-state index is 9.33. The Kier molecular flexibility index (Phi) is 3.75. The predicted octanol–water partition coefficient (Wildman–Crippen LogP) is 0.865. The van der Waals surface area contributed by atoms with Crippen LogP contribution in [0.1, 0.15) is 18.7 Å². The third-order valence-corrected chi connectivity index (χ3v) is 3.73. The molecule has 2 aromatic rings. The summed E-state index contributed by atoms with van der Waals surface area (Å²) in [6.45, 7) is 1.67. The van der Waals surface area contributed by atoms with Gasteiger partial charge in [0, 0.05) is 6.54 Å². The molecule has 1 heterocycles. The highest BCUT2D eigenvalue weighted by atomic mass is 16.3. The normalized spacial score (nSPS) is 21.9. The molecule has 1 saturated carbocycles. The largest absolute Gasteiger partial charge is 0.393 e. The Bertz CT molecular complexity index is 550. The Morgan fingerprint density at radius 1 is 1.30 bits per heavy atom. The van der Waals surface area contributed by atoms with Crippen molar-refractivity contribution in [2.45, 2.75) is 25.5 Å². The van der Waals surface area contributed by atoms with Gasteiger partial charge in [0.2, 0.25) is 0 Å². The van der Waals surface area contributed by atoms with E-state index in [1.807, 2.05) is 30.3 Å². The number of aromatic nitrogens is 4. The number of aliphatic hydroxyl groups is 1. The summed E-state index contributed by atoms with van der Waals surface area (Å²) in [5.74, 6) is 1.43. The molecule has 0 spiro atoms. The second-order valence-corrected chi connectivity index (χ2v) is 5.53. The van der Waals surface area contributed by atoms with Crippen LogP contribution in [-0.4, -0.2) is 49.9 Å². The van der Waals surface area contributed by atoms with E-state index in [9.17, 15) is 5.11 Å². The molecule has 0 saturated heterocycles. The van der Waals surface area contributed by atoms with E-state index in [2.05, 4.69) is 27.5 Å². The fraction of sp³-hybridized carbons (Fsp3) is 0.500. The molecule has 6 nitrogen and oxygen atoms in total. The van der Waals surface area contributed by atoms with Crippen LogP contribution in [0.2, 0.25) is 0 Å². The van der Waals surface area contributed by atoms with Crippen molar-refractivity contribution in [3.63, 3.8) is 0 Å². The Labute approximate surface area is 118 Å². The summed E-state index contributed by atoms with van der Waals surface area (Å²) < 4.78 is 1.77. The molecule has 0 radical (unpaired) electrons. The summed E-state index contributed by atoms with van der Waals surface area (Å²) in [6, 6.07) is 9.90. The molecule has 1 aromatic carbocycles. The maximum atomic E-state index is 9.33. The van der Waals surface area contributed by atoms with Crippen molar-refractivity contribution in [3.05, 3.63) is 36.2 Å². The number of tetrazole rings is 1. The number of nitrogens with zero attached hydrogens (tertiary/aromatic N) is 5. The molecular formula is C14H19N5O. The van der Waals surface area contributed by atoms with Gasteiger partial charge >= 0.3 is 0 Å². The van der Waals surface area contributed by atoms with Crippen LogP contribution in [0, 0.1) is 5.92 Å². The van der Waals surface area contributed by atoms with Gasteiger partial charge in [-0.3, -0.25) is 4.90 Å². The van der Waals surface area contributed by atoms with Crippen molar-refractivity contribution in [2.75, 3.05) is 13.6 Å². The number of rotatable bonds is 5. The molecule has 1 N–H and O–H groups in total. The highest BCUT2D eigenvalue weighted by molar-refractivity contribution is 5.30. The smallest absolute Gasteiger partial charge is 0.170 e. The van der Waals surface area contributed by atoms with E-state index in [0.29, 0.717) is 12.5 Å². The number of para-hydroxylation sites is 1. The Morgan fingerprint density at radius 3 is 2.75 bits per heavy atom. The number of hydrogen-bond donors (Lipinski definition) is 1. The number of benzene rings is 1. The van der Waals surface area contributed by atoms with Crippen LogP contribution in [-0.2, 0) is 6.54 Å². The van der Waals surface area contributed by atoms with E-state index < -0.39 is 0 Å². The third-order valence-electron chi connectivity index (χ3n) is 3.73. The zero-order valence-electron chi connectivity index (χ0n) is 11.6. The highest BCUT2D eigenvalue weighted by Crippen LogP contribution is 2.27. The molecule has 0 unspecified atom stereocenters. The number of aliphatic hydroxyl groups excluding tert-OH is 1. The third kappa shape index (κ3) is 2.86. The molecule has 1 fully saturated rings. The molecule has 1 aliphatic rings. The maximum Gasteiger partial charge on any atom is 0.170 e. The predicted molar refractivity (Wildman–Crippen MR) is 74.2 cm³/mol.